The molecule has 1 unspecified atom stereocenters. The van der Waals surface area contributed by atoms with Crippen LogP contribution in [0.3, 0.4) is 0 Å². The van der Waals surface area contributed by atoms with Gasteiger partial charge in [0.2, 0.25) is 0 Å². The fraction of sp³-hybridized carbons (Fsp3) is 0.556. The number of ketones is 1. The second-order valence-corrected chi connectivity index (χ2v) is 2.64. The van der Waals surface area contributed by atoms with E-state index < -0.39 is 5.97 Å². The van der Waals surface area contributed by atoms with Gasteiger partial charge in [-0.05, 0) is 19.9 Å². The molecule has 4 heteroatoms. The van der Waals surface area contributed by atoms with Gasteiger partial charge in [-0.15, -0.1) is 0 Å². The Labute approximate surface area is 77.5 Å². The van der Waals surface area contributed by atoms with Gasteiger partial charge in [0.25, 0.3) is 0 Å². The minimum Gasteiger partial charge on any atom is -0.434 e. The summed E-state index contributed by atoms with van der Waals surface area (Å²) < 4.78 is 9.47. The number of carbonyl (C=O) groups excluding carboxylic acids is 2. The van der Waals surface area contributed by atoms with Crippen molar-refractivity contribution in [2.24, 2.45) is 0 Å². The van der Waals surface area contributed by atoms with Crippen molar-refractivity contribution < 1.29 is 19.1 Å². The van der Waals surface area contributed by atoms with Crippen LogP contribution in [0, 0.1) is 0 Å². The first-order valence-electron chi connectivity index (χ1n) is 3.94. The molecule has 0 aliphatic carbocycles. The normalized spacial score (nSPS) is 12.8. The van der Waals surface area contributed by atoms with Crippen LogP contribution in [-0.2, 0) is 19.1 Å². The smallest absolute Gasteiger partial charge is 0.318 e. The highest BCUT2D eigenvalue weighted by Gasteiger charge is 2.04. The summed E-state index contributed by atoms with van der Waals surface area (Å²) in [5, 5.41) is 0. The lowest BCUT2D eigenvalue weighted by Gasteiger charge is -2.01. The van der Waals surface area contributed by atoms with Crippen LogP contribution in [0.2, 0.25) is 0 Å². The quantitative estimate of drug-likeness (QED) is 0.366. The Bertz CT molecular complexity index is 208. The van der Waals surface area contributed by atoms with Gasteiger partial charge >= 0.3 is 5.97 Å². The highest BCUT2D eigenvalue weighted by atomic mass is 16.5. The van der Waals surface area contributed by atoms with Gasteiger partial charge in [-0.1, -0.05) is 0 Å². The summed E-state index contributed by atoms with van der Waals surface area (Å²) in [6.45, 7) is 3.14. The van der Waals surface area contributed by atoms with Crippen LogP contribution < -0.4 is 0 Å². The third-order valence-electron chi connectivity index (χ3n) is 1.31. The lowest BCUT2D eigenvalue weighted by Crippen LogP contribution is -2.06. The maximum atomic E-state index is 10.8. The van der Waals surface area contributed by atoms with Crippen molar-refractivity contribution in [3.63, 3.8) is 0 Å². The first kappa shape index (κ1) is 11.8. The molecule has 0 N–H and O–H groups in total. The minimum atomic E-state index is -0.549. The predicted molar refractivity (Wildman–Crippen MR) is 47.0 cm³/mol. The fourth-order valence-corrected chi connectivity index (χ4v) is 0.549. The molecule has 0 fully saturated rings. The van der Waals surface area contributed by atoms with Crippen LogP contribution >= 0.6 is 0 Å². The summed E-state index contributed by atoms with van der Waals surface area (Å²) >= 11 is 0. The summed E-state index contributed by atoms with van der Waals surface area (Å²) in [5.41, 5.74) is 0. The number of hydrogen-bond donors (Lipinski definition) is 0. The number of rotatable bonds is 5. The lowest BCUT2D eigenvalue weighted by molar-refractivity contribution is -0.140. The Kier molecular flexibility index (Phi) is 5.80. The number of ether oxygens (including phenoxy) is 2. The molecule has 4 nitrogen and oxygen atoms in total. The third-order valence-corrected chi connectivity index (χ3v) is 1.31. The summed E-state index contributed by atoms with van der Waals surface area (Å²) in [4.78, 5) is 21.2. The molecule has 1 atom stereocenters. The first-order chi connectivity index (χ1) is 6.06. The number of hydrogen-bond acceptors (Lipinski definition) is 4. The van der Waals surface area contributed by atoms with Crippen molar-refractivity contribution in [2.75, 3.05) is 7.11 Å². The zero-order valence-electron chi connectivity index (χ0n) is 8.07. The highest BCUT2D eigenvalue weighted by Crippen LogP contribution is 1.93. The molecule has 0 aliphatic rings. The lowest BCUT2D eigenvalue weighted by atomic mass is 10.3. The molecular weight excluding hydrogens is 172 g/mol. The van der Waals surface area contributed by atoms with Crippen molar-refractivity contribution in [2.45, 2.75) is 26.4 Å². The number of esters is 1. The molecule has 0 spiro atoms. The molecule has 0 bridgehead atoms. The summed E-state index contributed by atoms with van der Waals surface area (Å²) in [6.07, 6.45) is 2.52. The van der Waals surface area contributed by atoms with Crippen LogP contribution in [0.15, 0.2) is 12.3 Å². The summed E-state index contributed by atoms with van der Waals surface area (Å²) in [5.74, 6) is -0.759. The van der Waals surface area contributed by atoms with Crippen molar-refractivity contribution in [3.8, 4) is 0 Å². The SMILES string of the molecule is COC(C)/C=C/OC(=O)CC(C)=O. The molecule has 0 aromatic rings. The van der Waals surface area contributed by atoms with Crippen molar-refractivity contribution in [1.82, 2.24) is 0 Å². The average molecular weight is 186 g/mol. The highest BCUT2D eigenvalue weighted by molar-refractivity contribution is 5.94. The zero-order valence-corrected chi connectivity index (χ0v) is 8.07. The Morgan fingerprint density at radius 1 is 1.46 bits per heavy atom. The standard InChI is InChI=1S/C9H14O4/c1-7(10)6-9(11)13-5-4-8(2)12-3/h4-5,8H,6H2,1-3H3/b5-4+. The van der Waals surface area contributed by atoms with Gasteiger partial charge < -0.3 is 9.47 Å². The molecular formula is C9H14O4. The minimum absolute atomic E-state index is 0.106. The second-order valence-electron chi connectivity index (χ2n) is 2.64. The average Bonchev–Trinajstić information content (AvgIpc) is 2.02. The Balaban J connectivity index is 3.69. The van der Waals surface area contributed by atoms with Gasteiger partial charge in [-0.25, -0.2) is 0 Å². The van der Waals surface area contributed by atoms with Crippen LogP contribution in [0.5, 0.6) is 0 Å². The Hall–Kier alpha value is -1.16. The van der Waals surface area contributed by atoms with E-state index >= 15 is 0 Å². The largest absolute Gasteiger partial charge is 0.434 e. The van der Waals surface area contributed by atoms with E-state index in [0.717, 1.165) is 0 Å². The molecule has 0 aromatic carbocycles. The second kappa shape index (κ2) is 6.37. The zero-order chi connectivity index (χ0) is 10.3. The predicted octanol–water partition coefficient (Wildman–Crippen LogP) is 1.06. The molecule has 74 valence electrons. The third kappa shape index (κ3) is 7.21. The summed E-state index contributed by atoms with van der Waals surface area (Å²) in [6, 6.07) is 0. The van der Waals surface area contributed by atoms with Crippen LogP contribution in [0.25, 0.3) is 0 Å². The number of methoxy groups -OCH3 is 1. The van der Waals surface area contributed by atoms with Gasteiger partial charge in [0.1, 0.15) is 12.2 Å². The maximum Gasteiger partial charge on any atom is 0.318 e. The van der Waals surface area contributed by atoms with Gasteiger partial charge in [-0.3, -0.25) is 9.59 Å². The van der Waals surface area contributed by atoms with E-state index in [9.17, 15) is 9.59 Å². The van der Waals surface area contributed by atoms with Crippen LogP contribution in [-0.4, -0.2) is 25.0 Å². The molecule has 0 heterocycles. The van der Waals surface area contributed by atoms with Crippen molar-refractivity contribution in [1.29, 1.82) is 0 Å². The van der Waals surface area contributed by atoms with Gasteiger partial charge in [-0.2, -0.15) is 0 Å². The van der Waals surface area contributed by atoms with Gasteiger partial charge in [0.05, 0.1) is 12.4 Å². The topological polar surface area (TPSA) is 52.6 Å². The summed E-state index contributed by atoms with van der Waals surface area (Å²) in [7, 11) is 1.55. The fourth-order valence-electron chi connectivity index (χ4n) is 0.549. The molecule has 0 saturated carbocycles. The molecule has 0 aliphatic heterocycles. The monoisotopic (exact) mass is 186 g/mol. The van der Waals surface area contributed by atoms with Gasteiger partial charge in [0, 0.05) is 7.11 Å². The maximum absolute atomic E-state index is 10.8. The molecule has 0 saturated heterocycles. The van der Waals surface area contributed by atoms with Crippen LogP contribution in [0.1, 0.15) is 20.3 Å². The van der Waals surface area contributed by atoms with E-state index in [1.807, 2.05) is 0 Å². The van der Waals surface area contributed by atoms with Crippen molar-refractivity contribution >= 4 is 11.8 Å². The van der Waals surface area contributed by atoms with E-state index in [1.165, 1.54) is 13.2 Å². The van der Waals surface area contributed by atoms with E-state index in [-0.39, 0.29) is 18.3 Å². The van der Waals surface area contributed by atoms with E-state index in [4.69, 9.17) is 4.74 Å². The Morgan fingerprint density at radius 2 is 2.08 bits per heavy atom. The molecule has 0 rings (SSSR count). The van der Waals surface area contributed by atoms with Crippen LogP contribution in [0.4, 0.5) is 0 Å². The van der Waals surface area contributed by atoms with E-state index in [1.54, 1.807) is 20.1 Å². The molecule has 0 aromatic heterocycles. The van der Waals surface area contributed by atoms with Crippen molar-refractivity contribution in [3.05, 3.63) is 12.3 Å². The molecule has 13 heavy (non-hydrogen) atoms. The molecule has 0 radical (unpaired) electrons. The van der Waals surface area contributed by atoms with E-state index in [2.05, 4.69) is 4.74 Å². The number of Topliss-reactive ketones (excluding diaryl/α,β-unsaturated/α-hetero) is 1. The van der Waals surface area contributed by atoms with Gasteiger partial charge in [0.15, 0.2) is 0 Å². The Morgan fingerprint density at radius 3 is 2.54 bits per heavy atom. The first-order valence-corrected chi connectivity index (χ1v) is 3.94. The molecule has 0 amide bonds. The number of carbonyl (C=O) groups is 2. The van der Waals surface area contributed by atoms with E-state index in [0.29, 0.717) is 0 Å².